The fourth-order valence-electron chi connectivity index (χ4n) is 7.80. The molecule has 0 saturated heterocycles. The monoisotopic (exact) mass is 952 g/mol. The Morgan fingerprint density at radius 3 is 1.21 bits per heavy atom. The highest BCUT2D eigenvalue weighted by molar-refractivity contribution is 7.45. The summed E-state index contributed by atoms with van der Waals surface area (Å²) < 4.78 is 34.1. The van der Waals surface area contributed by atoms with Crippen LogP contribution in [-0.2, 0) is 32.7 Å². The first kappa shape index (κ1) is 64.2. The predicted octanol–water partition coefficient (Wildman–Crippen LogP) is 16.2. The van der Waals surface area contributed by atoms with Gasteiger partial charge in [0.05, 0.1) is 27.7 Å². The van der Waals surface area contributed by atoms with Gasteiger partial charge in [-0.1, -0.05) is 211 Å². The summed E-state index contributed by atoms with van der Waals surface area (Å²) in [6, 6.07) is 0. The summed E-state index contributed by atoms with van der Waals surface area (Å²) in [6.07, 6.45) is 57.5. The fraction of sp³-hybridized carbons (Fsp3) is 0.857. The number of phosphoric ester groups is 1. The van der Waals surface area contributed by atoms with Gasteiger partial charge in [0.15, 0.2) is 6.10 Å². The SMILES string of the molecule is CCCCCCC/C=C\C/C=C\CCCCCCCCCCCCCC(=O)OC(COC(=O)CCCCCCCCCCC/C=C\CCCCCCCC)COP(=O)([O-])OCC[N+](C)(C)C. The average Bonchev–Trinajstić information content (AvgIpc) is 3.27. The Bertz CT molecular complexity index is 1210. The second kappa shape index (κ2) is 48.3. The predicted molar refractivity (Wildman–Crippen MR) is 277 cm³/mol. The Balaban J connectivity index is 4.19. The number of likely N-dealkylation sites (N-methyl/N-ethyl adjacent to an activating group) is 1. The van der Waals surface area contributed by atoms with Crippen LogP contribution in [0.2, 0.25) is 0 Å². The normalized spacial score (nSPS) is 13.6. The number of hydrogen-bond acceptors (Lipinski definition) is 8. The van der Waals surface area contributed by atoms with E-state index in [1.165, 1.54) is 180 Å². The van der Waals surface area contributed by atoms with Gasteiger partial charge in [0.25, 0.3) is 7.82 Å². The van der Waals surface area contributed by atoms with Crippen molar-refractivity contribution in [2.24, 2.45) is 0 Å². The van der Waals surface area contributed by atoms with Crippen LogP contribution < -0.4 is 4.89 Å². The molecule has 0 aromatic rings. The molecule has 10 heteroatoms. The lowest BCUT2D eigenvalue weighted by Gasteiger charge is -2.28. The molecule has 0 radical (unpaired) electrons. The van der Waals surface area contributed by atoms with Crippen LogP contribution in [0.25, 0.3) is 0 Å². The first-order valence-corrected chi connectivity index (χ1v) is 29.2. The molecule has 0 aliphatic carbocycles. The van der Waals surface area contributed by atoms with Crippen molar-refractivity contribution in [1.82, 2.24) is 0 Å². The summed E-state index contributed by atoms with van der Waals surface area (Å²) in [6.45, 7) is 4.25. The number of nitrogens with zero attached hydrogens (tertiary/aromatic N) is 1. The van der Waals surface area contributed by atoms with Crippen molar-refractivity contribution < 1.29 is 42.1 Å². The Hall–Kier alpha value is -1.77. The molecule has 2 unspecified atom stereocenters. The number of hydrogen-bond donors (Lipinski definition) is 0. The minimum Gasteiger partial charge on any atom is -0.756 e. The van der Waals surface area contributed by atoms with Crippen LogP contribution in [0.15, 0.2) is 36.5 Å². The second-order valence-corrected chi connectivity index (χ2v) is 21.4. The average molecular weight is 952 g/mol. The quantitative estimate of drug-likeness (QED) is 0.0195. The molecular weight excluding hydrogens is 846 g/mol. The van der Waals surface area contributed by atoms with E-state index in [1.54, 1.807) is 0 Å². The number of ether oxygens (including phenoxy) is 2. The molecule has 9 nitrogen and oxygen atoms in total. The third-order valence-corrected chi connectivity index (χ3v) is 13.1. The summed E-state index contributed by atoms with van der Waals surface area (Å²) in [5, 5.41) is 0. The molecule has 0 bridgehead atoms. The van der Waals surface area contributed by atoms with E-state index in [2.05, 4.69) is 50.3 Å². The van der Waals surface area contributed by atoms with Crippen molar-refractivity contribution >= 4 is 19.8 Å². The van der Waals surface area contributed by atoms with E-state index in [0.717, 1.165) is 44.9 Å². The van der Waals surface area contributed by atoms with Gasteiger partial charge in [0.1, 0.15) is 19.8 Å². The minimum atomic E-state index is -4.63. The van der Waals surface area contributed by atoms with Gasteiger partial charge in [-0.25, -0.2) is 0 Å². The third kappa shape index (κ3) is 51.6. The number of quaternary nitrogens is 1. The largest absolute Gasteiger partial charge is 0.756 e. The van der Waals surface area contributed by atoms with Crippen molar-refractivity contribution in [3.05, 3.63) is 36.5 Å². The van der Waals surface area contributed by atoms with Crippen LogP contribution in [0, 0.1) is 0 Å². The molecule has 0 rings (SSSR count). The van der Waals surface area contributed by atoms with Crippen LogP contribution in [0.5, 0.6) is 0 Å². The maximum absolute atomic E-state index is 12.8. The van der Waals surface area contributed by atoms with E-state index in [9.17, 15) is 19.0 Å². The van der Waals surface area contributed by atoms with Crippen LogP contribution in [0.1, 0.15) is 258 Å². The van der Waals surface area contributed by atoms with Crippen LogP contribution in [0.3, 0.4) is 0 Å². The lowest BCUT2D eigenvalue weighted by atomic mass is 10.0. The number of esters is 2. The maximum atomic E-state index is 12.8. The first-order valence-electron chi connectivity index (χ1n) is 27.7. The van der Waals surface area contributed by atoms with Crippen molar-refractivity contribution in [2.75, 3.05) is 47.5 Å². The van der Waals surface area contributed by atoms with Gasteiger partial charge < -0.3 is 27.9 Å². The van der Waals surface area contributed by atoms with E-state index < -0.39 is 26.5 Å². The smallest absolute Gasteiger partial charge is 0.306 e. The molecule has 0 aromatic carbocycles. The lowest BCUT2D eigenvalue weighted by Crippen LogP contribution is -2.37. The van der Waals surface area contributed by atoms with Gasteiger partial charge in [-0.2, -0.15) is 0 Å². The zero-order chi connectivity index (χ0) is 48.5. The topological polar surface area (TPSA) is 111 Å². The molecule has 388 valence electrons. The van der Waals surface area contributed by atoms with Gasteiger partial charge in [-0.15, -0.1) is 0 Å². The van der Waals surface area contributed by atoms with Gasteiger partial charge in [0, 0.05) is 12.8 Å². The number of carbonyl (C=O) groups excluding carboxylic acids is 2. The molecule has 0 spiro atoms. The molecule has 0 saturated carbocycles. The molecule has 0 amide bonds. The first-order chi connectivity index (χ1) is 32.0. The Kier molecular flexibility index (Phi) is 47.0. The Labute approximate surface area is 408 Å². The molecule has 0 heterocycles. The summed E-state index contributed by atoms with van der Waals surface area (Å²) in [7, 11) is 1.17. The number of carbonyl (C=O) groups is 2. The molecule has 0 fully saturated rings. The highest BCUT2D eigenvalue weighted by Crippen LogP contribution is 2.38. The van der Waals surface area contributed by atoms with Crippen molar-refractivity contribution in [3.8, 4) is 0 Å². The second-order valence-electron chi connectivity index (χ2n) is 19.9. The number of rotatable bonds is 51. The summed E-state index contributed by atoms with van der Waals surface area (Å²) in [4.78, 5) is 37.8. The van der Waals surface area contributed by atoms with Gasteiger partial charge in [0.2, 0.25) is 0 Å². The molecule has 0 aromatic heterocycles. The summed E-state index contributed by atoms with van der Waals surface area (Å²) >= 11 is 0. The van der Waals surface area contributed by atoms with E-state index in [1.807, 2.05) is 21.1 Å². The van der Waals surface area contributed by atoms with Crippen molar-refractivity contribution in [1.29, 1.82) is 0 Å². The van der Waals surface area contributed by atoms with Crippen LogP contribution in [0.4, 0.5) is 0 Å². The molecule has 0 aliphatic heterocycles. The Morgan fingerprint density at radius 2 is 0.818 bits per heavy atom. The van der Waals surface area contributed by atoms with E-state index in [-0.39, 0.29) is 32.0 Å². The van der Waals surface area contributed by atoms with Gasteiger partial charge >= 0.3 is 11.9 Å². The highest BCUT2D eigenvalue weighted by Gasteiger charge is 2.21. The highest BCUT2D eigenvalue weighted by atomic mass is 31.2. The molecule has 2 atom stereocenters. The van der Waals surface area contributed by atoms with E-state index >= 15 is 0 Å². The zero-order valence-corrected chi connectivity index (χ0v) is 44.8. The van der Waals surface area contributed by atoms with E-state index in [0.29, 0.717) is 17.4 Å². The van der Waals surface area contributed by atoms with Crippen LogP contribution in [-0.4, -0.2) is 70.0 Å². The summed E-state index contributed by atoms with van der Waals surface area (Å²) in [5.41, 5.74) is 0. The number of phosphoric acid groups is 1. The lowest BCUT2D eigenvalue weighted by molar-refractivity contribution is -0.870. The number of allylic oxidation sites excluding steroid dienone is 6. The Morgan fingerprint density at radius 1 is 0.470 bits per heavy atom. The van der Waals surface area contributed by atoms with Crippen molar-refractivity contribution in [3.63, 3.8) is 0 Å². The molecule has 0 aliphatic rings. The molecular formula is C56H106NO8P. The molecule has 0 N–H and O–H groups in total. The van der Waals surface area contributed by atoms with E-state index in [4.69, 9.17) is 18.5 Å². The standard InChI is InChI=1S/C56H106NO8P/c1-6-8-10-12-14-16-18-20-22-24-26-27-28-29-31-33-35-37-39-41-43-45-47-49-56(59)65-54(53-64-66(60,61)63-51-50-57(3,4)5)52-62-55(58)48-46-44-42-40-38-36-34-32-30-25-23-21-19-17-15-13-11-9-7-2/h18,20-21,23-24,26,54H,6-17,19,22,25,27-53H2,1-5H3/b20-18-,23-21-,26-24-. The number of unbranched alkanes of at least 4 members (excludes halogenated alkanes) is 31. The minimum absolute atomic E-state index is 0.0308. The molecule has 66 heavy (non-hydrogen) atoms. The van der Waals surface area contributed by atoms with Crippen LogP contribution >= 0.6 is 7.82 Å². The fourth-order valence-corrected chi connectivity index (χ4v) is 8.53. The van der Waals surface area contributed by atoms with Crippen molar-refractivity contribution in [2.45, 2.75) is 264 Å². The third-order valence-electron chi connectivity index (χ3n) is 12.1. The maximum Gasteiger partial charge on any atom is 0.306 e. The summed E-state index contributed by atoms with van der Waals surface area (Å²) in [5.74, 6) is -0.829. The van der Waals surface area contributed by atoms with Gasteiger partial charge in [-0.05, 0) is 70.6 Å². The zero-order valence-electron chi connectivity index (χ0n) is 43.9. The van der Waals surface area contributed by atoms with Gasteiger partial charge in [-0.3, -0.25) is 14.2 Å².